The number of thioether (sulfide) groups is 1. The second-order valence-electron chi connectivity index (χ2n) is 5.00. The Hall–Kier alpha value is -2.36. The van der Waals surface area contributed by atoms with Crippen LogP contribution in [-0.2, 0) is 5.75 Å². The molecule has 10 heteroatoms. The van der Waals surface area contributed by atoms with Gasteiger partial charge in [0.1, 0.15) is 0 Å². The fourth-order valence-corrected chi connectivity index (χ4v) is 3.57. The third-order valence-electron chi connectivity index (χ3n) is 3.33. The van der Waals surface area contributed by atoms with Crippen molar-refractivity contribution in [1.29, 1.82) is 0 Å². The first-order valence-electron chi connectivity index (χ1n) is 7.15. The number of rotatable bonds is 5. The summed E-state index contributed by atoms with van der Waals surface area (Å²) in [4.78, 5) is 4.37. The Bertz CT molecular complexity index is 980. The summed E-state index contributed by atoms with van der Waals surface area (Å²) < 4.78 is 6.70. The number of nitrogens with two attached hydrogens (primary N) is 1. The Morgan fingerprint density at radius 2 is 2.00 bits per heavy atom. The molecule has 0 radical (unpaired) electrons. The minimum Gasteiger partial charge on any atom is -0.335 e. The number of aromatic nitrogens is 5. The maximum absolute atomic E-state index is 6.09. The van der Waals surface area contributed by atoms with Crippen LogP contribution in [0.5, 0.6) is 0 Å². The molecule has 25 heavy (non-hydrogen) atoms. The van der Waals surface area contributed by atoms with Crippen molar-refractivity contribution in [2.75, 3.05) is 5.84 Å². The summed E-state index contributed by atoms with van der Waals surface area (Å²) in [6.45, 7) is 0. The standard InChI is InChI=1S/C15H11ClN6OS2/c16-11-3-1-9(2-4-11)13-19-20-15(22(13)17)25-8-12-18-14(23-21-12)10-5-6-24-7-10/h1-7H,8,17H2. The van der Waals surface area contributed by atoms with Gasteiger partial charge in [-0.25, -0.2) is 4.68 Å². The Balaban J connectivity index is 1.48. The summed E-state index contributed by atoms with van der Waals surface area (Å²) in [5, 5.41) is 17.4. The molecule has 0 bridgehead atoms. The highest BCUT2D eigenvalue weighted by atomic mass is 35.5. The number of benzene rings is 1. The van der Waals surface area contributed by atoms with Crippen LogP contribution in [0.4, 0.5) is 0 Å². The maximum atomic E-state index is 6.09. The maximum Gasteiger partial charge on any atom is 0.258 e. The van der Waals surface area contributed by atoms with E-state index in [2.05, 4.69) is 20.3 Å². The highest BCUT2D eigenvalue weighted by molar-refractivity contribution is 7.98. The van der Waals surface area contributed by atoms with Gasteiger partial charge in [-0.05, 0) is 35.7 Å². The van der Waals surface area contributed by atoms with Crippen molar-refractivity contribution in [3.63, 3.8) is 0 Å². The van der Waals surface area contributed by atoms with Gasteiger partial charge in [-0.2, -0.15) is 16.3 Å². The lowest BCUT2D eigenvalue weighted by Crippen LogP contribution is -2.11. The molecule has 0 aliphatic heterocycles. The van der Waals surface area contributed by atoms with Gasteiger partial charge in [0.05, 0.1) is 11.3 Å². The Morgan fingerprint density at radius 1 is 1.16 bits per heavy atom. The lowest BCUT2D eigenvalue weighted by Gasteiger charge is -2.02. The van der Waals surface area contributed by atoms with Gasteiger partial charge in [0.25, 0.3) is 5.89 Å². The summed E-state index contributed by atoms with van der Waals surface area (Å²) in [6.07, 6.45) is 0. The van der Waals surface area contributed by atoms with Gasteiger partial charge < -0.3 is 10.4 Å². The number of hydrogen-bond donors (Lipinski definition) is 1. The monoisotopic (exact) mass is 390 g/mol. The van der Waals surface area contributed by atoms with E-state index in [4.69, 9.17) is 22.0 Å². The second kappa shape index (κ2) is 6.87. The van der Waals surface area contributed by atoms with Crippen LogP contribution >= 0.6 is 34.7 Å². The van der Waals surface area contributed by atoms with Gasteiger partial charge >= 0.3 is 0 Å². The first kappa shape index (κ1) is 16.1. The molecule has 7 nitrogen and oxygen atoms in total. The predicted octanol–water partition coefficient (Wildman–Crippen LogP) is 3.72. The van der Waals surface area contributed by atoms with Crippen LogP contribution in [-0.4, -0.2) is 25.0 Å². The van der Waals surface area contributed by atoms with E-state index in [1.807, 2.05) is 29.0 Å². The van der Waals surface area contributed by atoms with Gasteiger partial charge in [0, 0.05) is 16.0 Å². The van der Waals surface area contributed by atoms with Crippen LogP contribution < -0.4 is 5.84 Å². The lowest BCUT2D eigenvalue weighted by atomic mass is 10.2. The van der Waals surface area contributed by atoms with Crippen molar-refractivity contribution < 1.29 is 4.52 Å². The molecule has 4 rings (SSSR count). The summed E-state index contributed by atoms with van der Waals surface area (Å²) in [5.74, 6) is 8.21. The molecule has 0 aliphatic rings. The second-order valence-corrected chi connectivity index (χ2v) is 7.16. The molecular formula is C15H11ClN6OS2. The summed E-state index contributed by atoms with van der Waals surface area (Å²) in [5.41, 5.74) is 1.76. The fourth-order valence-electron chi connectivity index (χ4n) is 2.12. The van der Waals surface area contributed by atoms with Crippen molar-refractivity contribution in [3.8, 4) is 22.8 Å². The highest BCUT2D eigenvalue weighted by Gasteiger charge is 2.14. The molecule has 126 valence electrons. The first-order chi connectivity index (χ1) is 12.2. The van der Waals surface area contributed by atoms with E-state index in [1.165, 1.54) is 16.4 Å². The number of thiophene rings is 1. The SMILES string of the molecule is Nn1c(SCc2noc(-c3ccsc3)n2)nnc1-c1ccc(Cl)cc1. The van der Waals surface area contributed by atoms with Crippen LogP contribution in [0.3, 0.4) is 0 Å². The van der Waals surface area contributed by atoms with Gasteiger partial charge in [-0.1, -0.05) is 28.5 Å². The van der Waals surface area contributed by atoms with Gasteiger partial charge in [-0.15, -0.1) is 10.2 Å². The lowest BCUT2D eigenvalue weighted by molar-refractivity contribution is 0.425. The van der Waals surface area contributed by atoms with Crippen LogP contribution in [0.15, 0.2) is 50.8 Å². The van der Waals surface area contributed by atoms with Crippen molar-refractivity contribution in [1.82, 2.24) is 25.0 Å². The molecule has 0 saturated heterocycles. The fraction of sp³-hybridized carbons (Fsp3) is 0.0667. The van der Waals surface area contributed by atoms with Crippen LogP contribution in [0.2, 0.25) is 5.02 Å². The Kier molecular flexibility index (Phi) is 4.43. The predicted molar refractivity (Wildman–Crippen MR) is 97.8 cm³/mol. The minimum atomic E-state index is 0.476. The normalized spacial score (nSPS) is 11.1. The van der Waals surface area contributed by atoms with E-state index >= 15 is 0 Å². The quantitative estimate of drug-likeness (QED) is 0.409. The van der Waals surface area contributed by atoms with Gasteiger partial charge in [0.15, 0.2) is 11.6 Å². The summed E-state index contributed by atoms with van der Waals surface area (Å²) >= 11 is 8.86. The molecular weight excluding hydrogens is 380 g/mol. The van der Waals surface area contributed by atoms with Crippen molar-refractivity contribution >= 4 is 34.7 Å². The zero-order valence-corrected chi connectivity index (χ0v) is 15.1. The van der Waals surface area contributed by atoms with Crippen molar-refractivity contribution in [3.05, 3.63) is 51.9 Å². The third kappa shape index (κ3) is 3.39. The van der Waals surface area contributed by atoms with E-state index < -0.39 is 0 Å². The third-order valence-corrected chi connectivity index (χ3v) is 5.21. The largest absolute Gasteiger partial charge is 0.335 e. The molecule has 1 aromatic carbocycles. The molecule has 3 aromatic heterocycles. The van der Waals surface area contributed by atoms with Crippen molar-refractivity contribution in [2.45, 2.75) is 10.9 Å². The van der Waals surface area contributed by atoms with E-state index in [0.29, 0.717) is 33.5 Å². The summed E-state index contributed by atoms with van der Waals surface area (Å²) in [7, 11) is 0. The average Bonchev–Trinajstić information content (AvgIpc) is 3.35. The highest BCUT2D eigenvalue weighted by Crippen LogP contribution is 2.26. The molecule has 0 fully saturated rings. The van der Waals surface area contributed by atoms with Crippen LogP contribution in [0, 0.1) is 0 Å². The molecule has 2 N–H and O–H groups in total. The minimum absolute atomic E-state index is 0.476. The molecule has 0 atom stereocenters. The molecule has 0 unspecified atom stereocenters. The number of nitrogen functional groups attached to an aromatic ring is 1. The molecule has 4 aromatic rings. The smallest absolute Gasteiger partial charge is 0.258 e. The average molecular weight is 391 g/mol. The van der Waals surface area contributed by atoms with E-state index in [1.54, 1.807) is 23.5 Å². The van der Waals surface area contributed by atoms with Gasteiger partial charge in [-0.3, -0.25) is 0 Å². The molecule has 0 amide bonds. The summed E-state index contributed by atoms with van der Waals surface area (Å²) in [6, 6.07) is 9.18. The molecule has 0 spiro atoms. The zero-order valence-electron chi connectivity index (χ0n) is 12.7. The van der Waals surface area contributed by atoms with E-state index in [-0.39, 0.29) is 0 Å². The molecule has 3 heterocycles. The number of nitrogens with zero attached hydrogens (tertiary/aromatic N) is 5. The first-order valence-corrected chi connectivity index (χ1v) is 9.46. The Labute approximate surface area is 155 Å². The topological polar surface area (TPSA) is 95.7 Å². The Morgan fingerprint density at radius 3 is 2.76 bits per heavy atom. The molecule has 0 saturated carbocycles. The van der Waals surface area contributed by atoms with Gasteiger partial charge in [0.2, 0.25) is 5.16 Å². The number of hydrogen-bond acceptors (Lipinski definition) is 8. The number of halogens is 1. The van der Waals surface area contributed by atoms with E-state index in [0.717, 1.165) is 11.1 Å². The molecule has 0 aliphatic carbocycles. The van der Waals surface area contributed by atoms with Crippen LogP contribution in [0.1, 0.15) is 5.82 Å². The van der Waals surface area contributed by atoms with Crippen LogP contribution in [0.25, 0.3) is 22.8 Å². The zero-order chi connectivity index (χ0) is 17.2. The van der Waals surface area contributed by atoms with Crippen molar-refractivity contribution in [2.24, 2.45) is 0 Å². The van der Waals surface area contributed by atoms with E-state index in [9.17, 15) is 0 Å².